The highest BCUT2D eigenvalue weighted by atomic mass is 16.2. The zero-order chi connectivity index (χ0) is 14.5. The molecular formula is C16H25N3O. The van der Waals surface area contributed by atoms with Crippen molar-refractivity contribution in [1.29, 1.82) is 0 Å². The van der Waals surface area contributed by atoms with Gasteiger partial charge in [-0.1, -0.05) is 17.7 Å². The lowest BCUT2D eigenvalue weighted by Crippen LogP contribution is -2.40. The van der Waals surface area contributed by atoms with E-state index >= 15 is 0 Å². The number of hydrogen-bond acceptors (Lipinski definition) is 3. The van der Waals surface area contributed by atoms with E-state index in [1.807, 2.05) is 11.9 Å². The first-order valence-electron chi connectivity index (χ1n) is 7.39. The lowest BCUT2D eigenvalue weighted by atomic mass is 10.2. The molecule has 0 heterocycles. The second kappa shape index (κ2) is 6.75. The van der Waals surface area contributed by atoms with Gasteiger partial charge in [0.2, 0.25) is 5.91 Å². The van der Waals surface area contributed by atoms with Crippen molar-refractivity contribution in [3.8, 4) is 0 Å². The van der Waals surface area contributed by atoms with Gasteiger partial charge in [0.05, 0.1) is 6.54 Å². The summed E-state index contributed by atoms with van der Waals surface area (Å²) in [5.41, 5.74) is 7.94. The molecule has 0 radical (unpaired) electrons. The van der Waals surface area contributed by atoms with E-state index in [0.717, 1.165) is 31.5 Å². The van der Waals surface area contributed by atoms with E-state index in [4.69, 9.17) is 5.73 Å². The summed E-state index contributed by atoms with van der Waals surface area (Å²) in [5.74, 6) is 0.199. The highest BCUT2D eigenvalue weighted by Gasteiger charge is 2.30. The highest BCUT2D eigenvalue weighted by molar-refractivity contribution is 5.81. The van der Waals surface area contributed by atoms with Crippen LogP contribution in [-0.2, 0) is 4.79 Å². The lowest BCUT2D eigenvalue weighted by Gasteiger charge is -2.27. The van der Waals surface area contributed by atoms with Crippen LogP contribution in [0.2, 0.25) is 0 Å². The summed E-state index contributed by atoms with van der Waals surface area (Å²) in [7, 11) is 1.91. The van der Waals surface area contributed by atoms with Crippen molar-refractivity contribution in [3.63, 3.8) is 0 Å². The minimum Gasteiger partial charge on any atom is -0.362 e. The van der Waals surface area contributed by atoms with E-state index < -0.39 is 0 Å². The number of carbonyl (C=O) groups is 1. The number of benzene rings is 1. The van der Waals surface area contributed by atoms with Gasteiger partial charge in [-0.25, -0.2) is 0 Å². The predicted molar refractivity (Wildman–Crippen MR) is 82.9 cm³/mol. The van der Waals surface area contributed by atoms with E-state index in [2.05, 4.69) is 36.1 Å². The summed E-state index contributed by atoms with van der Waals surface area (Å²) in [4.78, 5) is 16.3. The topological polar surface area (TPSA) is 49.6 Å². The number of hydrogen-bond donors (Lipinski definition) is 1. The quantitative estimate of drug-likeness (QED) is 0.825. The fourth-order valence-corrected chi connectivity index (χ4v) is 2.28. The summed E-state index contributed by atoms with van der Waals surface area (Å²) in [6.45, 7) is 3.98. The molecule has 4 heteroatoms. The third kappa shape index (κ3) is 3.97. The third-order valence-corrected chi connectivity index (χ3v) is 3.85. The van der Waals surface area contributed by atoms with Gasteiger partial charge in [0, 0.05) is 25.3 Å². The molecule has 1 aromatic rings. The van der Waals surface area contributed by atoms with Gasteiger partial charge in [0.15, 0.2) is 0 Å². The van der Waals surface area contributed by atoms with Gasteiger partial charge >= 0.3 is 0 Å². The van der Waals surface area contributed by atoms with Crippen LogP contribution in [0.4, 0.5) is 5.69 Å². The smallest absolute Gasteiger partial charge is 0.242 e. The van der Waals surface area contributed by atoms with Crippen LogP contribution in [0.15, 0.2) is 24.3 Å². The van der Waals surface area contributed by atoms with Crippen molar-refractivity contribution in [3.05, 3.63) is 29.8 Å². The van der Waals surface area contributed by atoms with Crippen molar-refractivity contribution in [2.24, 2.45) is 5.73 Å². The van der Waals surface area contributed by atoms with E-state index in [1.54, 1.807) is 0 Å². The highest BCUT2D eigenvalue weighted by Crippen LogP contribution is 2.25. The Morgan fingerprint density at radius 1 is 1.30 bits per heavy atom. The van der Waals surface area contributed by atoms with Gasteiger partial charge in [0.1, 0.15) is 0 Å². The predicted octanol–water partition coefficient (Wildman–Crippen LogP) is 1.77. The standard InChI is InChI=1S/C16H25N3O/c1-13-4-6-15(7-5-13)19(11-3-10-17)12-16(20)18(2)14-8-9-14/h4-7,14H,3,8-12,17H2,1-2H3. The summed E-state index contributed by atoms with van der Waals surface area (Å²) >= 11 is 0. The Balaban J connectivity index is 2.02. The molecule has 2 N–H and O–H groups in total. The lowest BCUT2D eigenvalue weighted by molar-refractivity contribution is -0.128. The van der Waals surface area contributed by atoms with Crippen molar-refractivity contribution in [1.82, 2.24) is 4.90 Å². The minimum atomic E-state index is 0.199. The molecule has 1 aromatic carbocycles. The summed E-state index contributed by atoms with van der Waals surface area (Å²) in [6.07, 6.45) is 3.19. The first-order valence-corrected chi connectivity index (χ1v) is 7.39. The maximum atomic E-state index is 12.3. The van der Waals surface area contributed by atoms with Gasteiger partial charge in [-0.2, -0.15) is 0 Å². The number of aryl methyl sites for hydroxylation is 1. The van der Waals surface area contributed by atoms with Crippen LogP contribution in [-0.4, -0.2) is 43.5 Å². The first-order chi connectivity index (χ1) is 9.61. The van der Waals surface area contributed by atoms with Gasteiger partial charge in [-0.05, 0) is 44.9 Å². The molecule has 0 bridgehead atoms. The Kier molecular flexibility index (Phi) is 5.01. The molecule has 0 spiro atoms. The molecule has 0 aliphatic heterocycles. The van der Waals surface area contributed by atoms with Crippen LogP contribution >= 0.6 is 0 Å². The van der Waals surface area contributed by atoms with E-state index in [9.17, 15) is 4.79 Å². The van der Waals surface area contributed by atoms with Gasteiger partial charge in [0.25, 0.3) is 0 Å². The minimum absolute atomic E-state index is 0.199. The second-order valence-electron chi connectivity index (χ2n) is 5.64. The maximum absolute atomic E-state index is 12.3. The van der Waals surface area contributed by atoms with Crippen LogP contribution in [0.3, 0.4) is 0 Å². The number of rotatable bonds is 7. The molecule has 1 amide bonds. The molecule has 110 valence electrons. The first kappa shape index (κ1) is 14.9. The van der Waals surface area contributed by atoms with Gasteiger partial charge in [-0.3, -0.25) is 4.79 Å². The van der Waals surface area contributed by atoms with E-state index in [0.29, 0.717) is 19.1 Å². The molecule has 2 rings (SSSR count). The molecule has 1 aliphatic carbocycles. The number of nitrogens with two attached hydrogens (primary N) is 1. The zero-order valence-corrected chi connectivity index (χ0v) is 12.5. The maximum Gasteiger partial charge on any atom is 0.242 e. The average molecular weight is 275 g/mol. The zero-order valence-electron chi connectivity index (χ0n) is 12.5. The van der Waals surface area contributed by atoms with Gasteiger partial charge in [-0.15, -0.1) is 0 Å². The van der Waals surface area contributed by atoms with Crippen LogP contribution in [0, 0.1) is 6.92 Å². The number of anilines is 1. The van der Waals surface area contributed by atoms with Crippen molar-refractivity contribution < 1.29 is 4.79 Å². The van der Waals surface area contributed by atoms with Crippen molar-refractivity contribution in [2.45, 2.75) is 32.2 Å². The van der Waals surface area contributed by atoms with Crippen LogP contribution in [0.25, 0.3) is 0 Å². The van der Waals surface area contributed by atoms with E-state index in [1.165, 1.54) is 5.56 Å². The fraction of sp³-hybridized carbons (Fsp3) is 0.562. The Morgan fingerprint density at radius 2 is 1.95 bits per heavy atom. The monoisotopic (exact) mass is 275 g/mol. The normalized spacial score (nSPS) is 14.2. The Hall–Kier alpha value is -1.55. The van der Waals surface area contributed by atoms with Gasteiger partial charge < -0.3 is 15.5 Å². The third-order valence-electron chi connectivity index (χ3n) is 3.85. The van der Waals surface area contributed by atoms with Crippen molar-refractivity contribution >= 4 is 11.6 Å². The van der Waals surface area contributed by atoms with Crippen molar-refractivity contribution in [2.75, 3.05) is 31.6 Å². The second-order valence-corrected chi connectivity index (χ2v) is 5.64. The Labute approximate surface area is 121 Å². The van der Waals surface area contributed by atoms with E-state index in [-0.39, 0.29) is 5.91 Å². The number of amides is 1. The van der Waals surface area contributed by atoms with Crippen LogP contribution in [0.1, 0.15) is 24.8 Å². The summed E-state index contributed by atoms with van der Waals surface area (Å²) < 4.78 is 0. The Morgan fingerprint density at radius 3 is 2.50 bits per heavy atom. The summed E-state index contributed by atoms with van der Waals surface area (Å²) in [6, 6.07) is 8.79. The average Bonchev–Trinajstić information content (AvgIpc) is 3.28. The number of nitrogens with zero attached hydrogens (tertiary/aromatic N) is 2. The Bertz CT molecular complexity index is 440. The number of likely N-dealkylation sites (N-methyl/N-ethyl adjacent to an activating group) is 1. The fourth-order valence-electron chi connectivity index (χ4n) is 2.28. The molecule has 1 fully saturated rings. The molecule has 0 saturated heterocycles. The molecule has 4 nitrogen and oxygen atoms in total. The molecular weight excluding hydrogens is 250 g/mol. The molecule has 20 heavy (non-hydrogen) atoms. The molecule has 0 atom stereocenters. The molecule has 1 aliphatic rings. The van der Waals surface area contributed by atoms with Crippen LogP contribution < -0.4 is 10.6 Å². The summed E-state index contributed by atoms with van der Waals surface area (Å²) in [5, 5.41) is 0. The molecule has 1 saturated carbocycles. The molecule has 0 unspecified atom stereocenters. The largest absolute Gasteiger partial charge is 0.362 e. The van der Waals surface area contributed by atoms with Crippen LogP contribution in [0.5, 0.6) is 0 Å². The SMILES string of the molecule is Cc1ccc(N(CCCN)CC(=O)N(C)C2CC2)cc1. The number of carbonyl (C=O) groups excluding carboxylic acids is 1. The molecule has 0 aromatic heterocycles.